The normalized spacial score (nSPS) is 13.4. The molecule has 1 aromatic heterocycles. The molecular weight excluding hydrogens is 400 g/mol. The first-order valence-electron chi connectivity index (χ1n) is 9.44. The topological polar surface area (TPSA) is 78.6 Å². The Hall–Kier alpha value is -3.39. The Balaban J connectivity index is 1.75. The molecule has 0 atom stereocenters. The van der Waals surface area contributed by atoms with E-state index in [9.17, 15) is 4.79 Å². The van der Waals surface area contributed by atoms with Gasteiger partial charge in [0, 0.05) is 11.3 Å². The SMILES string of the molecule is CCOC(=O)/C(=C\c1ccccc1)C1=Nn2c(nnc2-c2ccc(OC)cc2)SC1. The molecule has 152 valence electrons. The van der Waals surface area contributed by atoms with E-state index in [-0.39, 0.29) is 0 Å². The van der Waals surface area contributed by atoms with Crippen molar-refractivity contribution < 1.29 is 14.3 Å². The molecule has 3 aromatic rings. The molecule has 2 aromatic carbocycles. The summed E-state index contributed by atoms with van der Waals surface area (Å²) in [6.45, 7) is 2.08. The number of carbonyl (C=O) groups is 1. The number of benzene rings is 2. The van der Waals surface area contributed by atoms with Gasteiger partial charge in [-0.25, -0.2) is 4.79 Å². The summed E-state index contributed by atoms with van der Waals surface area (Å²) in [4.78, 5) is 12.7. The van der Waals surface area contributed by atoms with Gasteiger partial charge >= 0.3 is 5.97 Å². The zero-order valence-corrected chi connectivity index (χ0v) is 17.4. The van der Waals surface area contributed by atoms with Gasteiger partial charge in [-0.1, -0.05) is 42.1 Å². The van der Waals surface area contributed by atoms with Crippen LogP contribution in [-0.2, 0) is 9.53 Å². The summed E-state index contributed by atoms with van der Waals surface area (Å²) in [5.74, 6) is 1.45. The predicted octanol–water partition coefficient (Wildman–Crippen LogP) is 3.91. The van der Waals surface area contributed by atoms with Gasteiger partial charge in [0.25, 0.3) is 0 Å². The summed E-state index contributed by atoms with van der Waals surface area (Å²) in [6, 6.07) is 17.2. The van der Waals surface area contributed by atoms with Crippen molar-refractivity contribution in [2.24, 2.45) is 5.10 Å². The fourth-order valence-corrected chi connectivity index (χ4v) is 3.79. The van der Waals surface area contributed by atoms with E-state index >= 15 is 0 Å². The van der Waals surface area contributed by atoms with Crippen LogP contribution >= 0.6 is 11.8 Å². The second-order valence-corrected chi connectivity index (χ2v) is 7.31. The lowest BCUT2D eigenvalue weighted by molar-refractivity contribution is -0.137. The minimum absolute atomic E-state index is 0.292. The number of hydrogen-bond acceptors (Lipinski definition) is 7. The third kappa shape index (κ3) is 4.13. The van der Waals surface area contributed by atoms with Gasteiger partial charge in [0.1, 0.15) is 5.75 Å². The van der Waals surface area contributed by atoms with Crippen molar-refractivity contribution in [2.75, 3.05) is 19.5 Å². The Kier molecular flexibility index (Phi) is 5.94. The van der Waals surface area contributed by atoms with Crippen molar-refractivity contribution in [1.29, 1.82) is 0 Å². The highest BCUT2D eigenvalue weighted by molar-refractivity contribution is 7.99. The summed E-state index contributed by atoms with van der Waals surface area (Å²) in [5, 5.41) is 13.9. The molecule has 7 nitrogen and oxygen atoms in total. The number of fused-ring (bicyclic) bond motifs is 1. The molecule has 30 heavy (non-hydrogen) atoms. The van der Waals surface area contributed by atoms with Crippen LogP contribution in [0.25, 0.3) is 17.5 Å². The van der Waals surface area contributed by atoms with Crippen LogP contribution in [0.5, 0.6) is 5.75 Å². The largest absolute Gasteiger partial charge is 0.497 e. The molecule has 0 fully saturated rings. The Bertz CT molecular complexity index is 1110. The van der Waals surface area contributed by atoms with Crippen LogP contribution in [0.15, 0.2) is 70.4 Å². The third-order valence-electron chi connectivity index (χ3n) is 4.44. The summed E-state index contributed by atoms with van der Waals surface area (Å²) >= 11 is 1.48. The number of carbonyl (C=O) groups excluding carboxylic acids is 1. The number of rotatable bonds is 6. The first-order valence-corrected chi connectivity index (χ1v) is 10.4. The van der Waals surface area contributed by atoms with Gasteiger partial charge in [-0.15, -0.1) is 10.2 Å². The predicted molar refractivity (Wildman–Crippen MR) is 117 cm³/mol. The monoisotopic (exact) mass is 420 g/mol. The summed E-state index contributed by atoms with van der Waals surface area (Å²) < 4.78 is 12.2. The summed E-state index contributed by atoms with van der Waals surface area (Å²) in [5.41, 5.74) is 2.79. The minimum atomic E-state index is -0.400. The van der Waals surface area contributed by atoms with E-state index in [1.165, 1.54) is 11.8 Å². The molecule has 4 rings (SSSR count). The second-order valence-electron chi connectivity index (χ2n) is 6.37. The second kappa shape index (κ2) is 8.96. The van der Waals surface area contributed by atoms with Crippen LogP contribution in [0.3, 0.4) is 0 Å². The molecule has 0 N–H and O–H groups in total. The van der Waals surface area contributed by atoms with Crippen LogP contribution in [0, 0.1) is 0 Å². The first kappa shape index (κ1) is 19.9. The average molecular weight is 420 g/mol. The molecule has 0 amide bonds. The van der Waals surface area contributed by atoms with E-state index < -0.39 is 5.97 Å². The Morgan fingerprint density at radius 3 is 2.60 bits per heavy atom. The smallest absolute Gasteiger partial charge is 0.340 e. The van der Waals surface area contributed by atoms with Crippen molar-refractivity contribution >= 4 is 29.5 Å². The molecule has 0 saturated heterocycles. The minimum Gasteiger partial charge on any atom is -0.497 e. The van der Waals surface area contributed by atoms with E-state index in [4.69, 9.17) is 14.6 Å². The molecular formula is C22H20N4O3S. The maximum absolute atomic E-state index is 12.7. The first-order chi connectivity index (χ1) is 14.7. The molecule has 0 aliphatic carbocycles. The molecule has 0 spiro atoms. The highest BCUT2D eigenvalue weighted by Gasteiger charge is 2.25. The lowest BCUT2D eigenvalue weighted by Crippen LogP contribution is -2.21. The molecule has 0 saturated carbocycles. The molecule has 0 radical (unpaired) electrons. The molecule has 1 aliphatic heterocycles. The van der Waals surface area contributed by atoms with Gasteiger partial charge in [-0.3, -0.25) is 0 Å². The Labute approximate surface area is 178 Å². The van der Waals surface area contributed by atoms with Crippen molar-refractivity contribution in [1.82, 2.24) is 14.9 Å². The van der Waals surface area contributed by atoms with Crippen molar-refractivity contribution in [2.45, 2.75) is 12.1 Å². The lowest BCUT2D eigenvalue weighted by atomic mass is 10.1. The van der Waals surface area contributed by atoms with Gasteiger partial charge in [-0.05, 0) is 42.8 Å². The number of methoxy groups -OCH3 is 1. The maximum atomic E-state index is 12.7. The maximum Gasteiger partial charge on any atom is 0.340 e. The van der Waals surface area contributed by atoms with Crippen molar-refractivity contribution in [3.63, 3.8) is 0 Å². The molecule has 8 heteroatoms. The van der Waals surface area contributed by atoms with E-state index in [0.29, 0.717) is 34.6 Å². The van der Waals surface area contributed by atoms with E-state index in [0.717, 1.165) is 16.9 Å². The average Bonchev–Trinajstić information content (AvgIpc) is 3.21. The van der Waals surface area contributed by atoms with Gasteiger partial charge in [0.15, 0.2) is 5.82 Å². The lowest BCUT2D eigenvalue weighted by Gasteiger charge is -2.16. The molecule has 1 aliphatic rings. The third-order valence-corrected chi connectivity index (χ3v) is 5.37. The van der Waals surface area contributed by atoms with Crippen LogP contribution in [0.4, 0.5) is 0 Å². The van der Waals surface area contributed by atoms with Gasteiger partial charge in [0.2, 0.25) is 5.16 Å². The van der Waals surface area contributed by atoms with Gasteiger partial charge in [0.05, 0.1) is 25.0 Å². The summed E-state index contributed by atoms with van der Waals surface area (Å²) in [7, 11) is 1.62. The van der Waals surface area contributed by atoms with Crippen molar-refractivity contribution in [3.05, 3.63) is 65.7 Å². The number of esters is 1. The van der Waals surface area contributed by atoms with E-state index in [1.54, 1.807) is 24.8 Å². The van der Waals surface area contributed by atoms with Crippen LogP contribution in [0.2, 0.25) is 0 Å². The van der Waals surface area contributed by atoms with Crippen molar-refractivity contribution in [3.8, 4) is 17.1 Å². The number of thioether (sulfide) groups is 1. The van der Waals surface area contributed by atoms with Crippen LogP contribution in [-0.4, -0.2) is 46.0 Å². The Morgan fingerprint density at radius 2 is 1.90 bits per heavy atom. The summed E-state index contributed by atoms with van der Waals surface area (Å²) in [6.07, 6.45) is 1.81. The number of aromatic nitrogens is 3. The fraction of sp³-hybridized carbons (Fsp3) is 0.182. The number of ether oxygens (including phenoxy) is 2. The van der Waals surface area contributed by atoms with Gasteiger partial charge < -0.3 is 9.47 Å². The quantitative estimate of drug-likeness (QED) is 0.444. The van der Waals surface area contributed by atoms with E-state index in [2.05, 4.69) is 10.2 Å². The van der Waals surface area contributed by atoms with Crippen LogP contribution in [0.1, 0.15) is 12.5 Å². The standard InChI is InChI=1S/C22H20N4O3S/c1-3-29-21(27)18(13-15-7-5-4-6-8-15)19-14-30-22-24-23-20(26(22)25-19)16-9-11-17(28-2)12-10-16/h4-13H,3,14H2,1-2H3/b18-13-. The van der Waals surface area contributed by atoms with Crippen LogP contribution < -0.4 is 4.74 Å². The zero-order valence-electron chi connectivity index (χ0n) is 16.6. The zero-order chi connectivity index (χ0) is 20.9. The number of hydrogen-bond donors (Lipinski definition) is 0. The van der Waals surface area contributed by atoms with E-state index in [1.807, 2.05) is 54.6 Å². The highest BCUT2D eigenvalue weighted by Crippen LogP contribution is 2.29. The molecule has 2 heterocycles. The molecule has 0 unspecified atom stereocenters. The number of nitrogens with zero attached hydrogens (tertiary/aromatic N) is 4. The fourth-order valence-electron chi connectivity index (χ4n) is 2.96. The highest BCUT2D eigenvalue weighted by atomic mass is 32.2. The van der Waals surface area contributed by atoms with Gasteiger partial charge in [-0.2, -0.15) is 9.78 Å². The Morgan fingerprint density at radius 1 is 1.13 bits per heavy atom. The molecule has 0 bridgehead atoms.